The Morgan fingerprint density at radius 3 is 2.67 bits per heavy atom. The average Bonchev–Trinajstić information content (AvgIpc) is 2.48. The number of hydrogen-bond acceptors (Lipinski definition) is 3. The van der Waals surface area contributed by atoms with Crippen LogP contribution in [0.15, 0.2) is 42.5 Å². The Morgan fingerprint density at radius 2 is 2.00 bits per heavy atom. The molecular formula is C16H16FNO3. The Morgan fingerprint density at radius 1 is 1.19 bits per heavy atom. The second kappa shape index (κ2) is 6.74. The molecule has 0 fully saturated rings. The van der Waals surface area contributed by atoms with E-state index in [1.54, 1.807) is 24.3 Å². The molecule has 0 aliphatic heterocycles. The number of amides is 1. The topological polar surface area (TPSA) is 47.6 Å². The van der Waals surface area contributed by atoms with E-state index in [0.717, 1.165) is 0 Å². The lowest BCUT2D eigenvalue weighted by molar-refractivity contribution is 0.102. The molecule has 21 heavy (non-hydrogen) atoms. The quantitative estimate of drug-likeness (QED) is 0.916. The average molecular weight is 289 g/mol. The highest BCUT2D eigenvalue weighted by atomic mass is 19.1. The molecule has 2 rings (SSSR count). The Balaban J connectivity index is 2.19. The molecule has 2 aromatic carbocycles. The molecule has 0 spiro atoms. The van der Waals surface area contributed by atoms with Gasteiger partial charge in [0, 0.05) is 11.3 Å². The van der Waals surface area contributed by atoms with Crippen LogP contribution < -0.4 is 14.8 Å². The predicted molar refractivity (Wildman–Crippen MR) is 78.5 cm³/mol. The van der Waals surface area contributed by atoms with Crippen molar-refractivity contribution in [3.63, 3.8) is 0 Å². The number of carbonyl (C=O) groups excluding carboxylic acids is 1. The van der Waals surface area contributed by atoms with Crippen molar-refractivity contribution in [2.24, 2.45) is 0 Å². The van der Waals surface area contributed by atoms with Gasteiger partial charge in [0.05, 0.1) is 13.7 Å². The van der Waals surface area contributed by atoms with E-state index >= 15 is 0 Å². The highest BCUT2D eigenvalue weighted by Gasteiger charge is 2.11. The largest absolute Gasteiger partial charge is 0.493 e. The minimum absolute atomic E-state index is 0.345. The summed E-state index contributed by atoms with van der Waals surface area (Å²) in [6.45, 7) is 2.37. The lowest BCUT2D eigenvalue weighted by atomic mass is 10.2. The zero-order valence-corrected chi connectivity index (χ0v) is 11.9. The molecule has 1 amide bonds. The van der Waals surface area contributed by atoms with Crippen molar-refractivity contribution in [1.82, 2.24) is 0 Å². The molecule has 0 heterocycles. The lowest BCUT2D eigenvalue weighted by Crippen LogP contribution is -2.12. The van der Waals surface area contributed by atoms with Gasteiger partial charge in [0.1, 0.15) is 5.82 Å². The molecule has 0 aliphatic carbocycles. The minimum Gasteiger partial charge on any atom is -0.493 e. The molecule has 0 saturated carbocycles. The molecule has 4 nitrogen and oxygen atoms in total. The molecule has 1 N–H and O–H groups in total. The number of methoxy groups -OCH3 is 1. The standard InChI is InChI=1S/C16H16FNO3/c1-3-21-14-8-7-11(9-15(14)20-2)16(19)18-13-6-4-5-12(17)10-13/h4-10H,3H2,1-2H3,(H,18,19). The van der Waals surface area contributed by atoms with Crippen LogP contribution in [0.3, 0.4) is 0 Å². The van der Waals surface area contributed by atoms with Gasteiger partial charge < -0.3 is 14.8 Å². The van der Waals surface area contributed by atoms with E-state index in [1.165, 1.54) is 25.3 Å². The summed E-state index contributed by atoms with van der Waals surface area (Å²) >= 11 is 0. The van der Waals surface area contributed by atoms with E-state index in [0.29, 0.717) is 29.4 Å². The summed E-state index contributed by atoms with van der Waals surface area (Å²) in [6, 6.07) is 10.6. The van der Waals surface area contributed by atoms with E-state index in [-0.39, 0.29) is 5.91 Å². The van der Waals surface area contributed by atoms with E-state index in [1.807, 2.05) is 6.92 Å². The summed E-state index contributed by atoms with van der Waals surface area (Å²) in [5.74, 6) is 0.296. The number of carbonyl (C=O) groups is 1. The third kappa shape index (κ3) is 3.72. The number of benzene rings is 2. The molecule has 0 unspecified atom stereocenters. The molecule has 0 aromatic heterocycles. The van der Waals surface area contributed by atoms with Crippen molar-refractivity contribution >= 4 is 11.6 Å². The van der Waals surface area contributed by atoms with Gasteiger partial charge in [-0.05, 0) is 43.3 Å². The van der Waals surface area contributed by atoms with E-state index in [2.05, 4.69) is 5.32 Å². The normalized spacial score (nSPS) is 10.0. The summed E-state index contributed by atoms with van der Waals surface area (Å²) in [5, 5.41) is 2.63. The van der Waals surface area contributed by atoms with Crippen LogP contribution in [0.1, 0.15) is 17.3 Å². The maximum Gasteiger partial charge on any atom is 0.255 e. The van der Waals surface area contributed by atoms with Crippen molar-refractivity contribution in [1.29, 1.82) is 0 Å². The highest BCUT2D eigenvalue weighted by molar-refractivity contribution is 6.04. The van der Waals surface area contributed by atoms with Gasteiger partial charge >= 0.3 is 0 Å². The molecule has 0 aliphatic rings. The number of ether oxygens (including phenoxy) is 2. The van der Waals surface area contributed by atoms with Gasteiger partial charge in [0.15, 0.2) is 11.5 Å². The van der Waals surface area contributed by atoms with Crippen LogP contribution in [0.5, 0.6) is 11.5 Å². The van der Waals surface area contributed by atoms with Crippen molar-refractivity contribution in [2.75, 3.05) is 19.0 Å². The van der Waals surface area contributed by atoms with Crippen LogP contribution in [-0.2, 0) is 0 Å². The number of nitrogens with one attached hydrogen (secondary N) is 1. The van der Waals surface area contributed by atoms with Crippen LogP contribution in [0.2, 0.25) is 0 Å². The third-order valence-electron chi connectivity index (χ3n) is 2.81. The van der Waals surface area contributed by atoms with Gasteiger partial charge in [-0.2, -0.15) is 0 Å². The van der Waals surface area contributed by atoms with E-state index < -0.39 is 5.82 Å². The third-order valence-corrected chi connectivity index (χ3v) is 2.81. The van der Waals surface area contributed by atoms with Crippen molar-refractivity contribution in [2.45, 2.75) is 6.92 Å². The van der Waals surface area contributed by atoms with Gasteiger partial charge in [-0.15, -0.1) is 0 Å². The second-order valence-electron chi connectivity index (χ2n) is 4.26. The van der Waals surface area contributed by atoms with Crippen LogP contribution in [0.25, 0.3) is 0 Å². The molecule has 110 valence electrons. The van der Waals surface area contributed by atoms with Gasteiger partial charge in [0.2, 0.25) is 0 Å². The number of rotatable bonds is 5. The van der Waals surface area contributed by atoms with Crippen molar-refractivity contribution in [3.8, 4) is 11.5 Å². The van der Waals surface area contributed by atoms with Crippen LogP contribution in [-0.4, -0.2) is 19.6 Å². The predicted octanol–water partition coefficient (Wildman–Crippen LogP) is 3.49. The van der Waals surface area contributed by atoms with Gasteiger partial charge in [-0.25, -0.2) is 4.39 Å². The van der Waals surface area contributed by atoms with Gasteiger partial charge in [-0.3, -0.25) is 4.79 Å². The number of anilines is 1. The van der Waals surface area contributed by atoms with E-state index in [4.69, 9.17) is 9.47 Å². The number of hydrogen-bond donors (Lipinski definition) is 1. The fourth-order valence-electron chi connectivity index (χ4n) is 1.85. The summed E-state index contributed by atoms with van der Waals surface area (Å²) in [5.41, 5.74) is 0.799. The fraction of sp³-hybridized carbons (Fsp3) is 0.188. The minimum atomic E-state index is -0.405. The Kier molecular flexibility index (Phi) is 4.77. The molecule has 2 aromatic rings. The first-order valence-electron chi connectivity index (χ1n) is 6.51. The lowest BCUT2D eigenvalue weighted by Gasteiger charge is -2.11. The maximum atomic E-state index is 13.1. The maximum absolute atomic E-state index is 13.1. The summed E-state index contributed by atoms with van der Waals surface area (Å²) in [4.78, 5) is 12.1. The van der Waals surface area contributed by atoms with Crippen molar-refractivity contribution < 1.29 is 18.7 Å². The number of halogens is 1. The second-order valence-corrected chi connectivity index (χ2v) is 4.26. The summed E-state index contributed by atoms with van der Waals surface area (Å²) in [6.07, 6.45) is 0. The van der Waals surface area contributed by atoms with Crippen LogP contribution in [0, 0.1) is 5.82 Å². The molecule has 0 saturated heterocycles. The summed E-state index contributed by atoms with van der Waals surface area (Å²) in [7, 11) is 1.51. The summed E-state index contributed by atoms with van der Waals surface area (Å²) < 4.78 is 23.7. The van der Waals surface area contributed by atoms with Crippen LogP contribution in [0.4, 0.5) is 10.1 Å². The molecule has 5 heteroatoms. The van der Waals surface area contributed by atoms with Gasteiger partial charge in [-0.1, -0.05) is 6.07 Å². The van der Waals surface area contributed by atoms with E-state index in [9.17, 15) is 9.18 Å². The first kappa shape index (κ1) is 14.8. The Hall–Kier alpha value is -2.56. The SMILES string of the molecule is CCOc1ccc(C(=O)Nc2cccc(F)c2)cc1OC. The molecule has 0 radical (unpaired) electrons. The highest BCUT2D eigenvalue weighted by Crippen LogP contribution is 2.28. The molecule has 0 atom stereocenters. The van der Waals surface area contributed by atoms with Crippen molar-refractivity contribution in [3.05, 3.63) is 53.8 Å². The van der Waals surface area contributed by atoms with Crippen LogP contribution >= 0.6 is 0 Å². The zero-order chi connectivity index (χ0) is 15.2. The Labute approximate surface area is 122 Å². The fourth-order valence-corrected chi connectivity index (χ4v) is 1.85. The molecular weight excluding hydrogens is 273 g/mol. The Bertz CT molecular complexity index is 643. The first-order chi connectivity index (χ1) is 10.1. The molecule has 0 bridgehead atoms. The first-order valence-corrected chi connectivity index (χ1v) is 6.51. The van der Waals surface area contributed by atoms with Gasteiger partial charge in [0.25, 0.3) is 5.91 Å². The zero-order valence-electron chi connectivity index (χ0n) is 11.9. The monoisotopic (exact) mass is 289 g/mol. The smallest absolute Gasteiger partial charge is 0.255 e.